The number of ether oxygens (including phenoxy) is 1. The first-order chi connectivity index (χ1) is 17.2. The molecule has 4 rings (SSSR count). The summed E-state index contributed by atoms with van der Waals surface area (Å²) >= 11 is 1.41. The Morgan fingerprint density at radius 2 is 1.89 bits per heavy atom. The summed E-state index contributed by atoms with van der Waals surface area (Å²) in [6, 6.07) is 13.2. The molecular weight excluding hydrogens is 480 g/mol. The molecule has 0 aliphatic rings. The number of aromatic nitrogens is 4. The van der Waals surface area contributed by atoms with Crippen LogP contribution in [0.4, 0.5) is 4.79 Å². The van der Waals surface area contributed by atoms with Gasteiger partial charge < -0.3 is 19.5 Å². The van der Waals surface area contributed by atoms with E-state index in [1.54, 1.807) is 18.6 Å². The smallest absolute Gasteiger partial charge is 0.410 e. The lowest BCUT2D eigenvalue weighted by atomic mass is 10.2. The highest BCUT2D eigenvalue weighted by molar-refractivity contribution is 7.09. The molecule has 0 spiro atoms. The first kappa shape index (κ1) is 26.7. The van der Waals surface area contributed by atoms with Crippen LogP contribution < -0.4 is 5.32 Å². The van der Waals surface area contributed by atoms with E-state index in [1.807, 2.05) is 63.2 Å². The van der Waals surface area contributed by atoms with Crippen LogP contribution in [-0.4, -0.2) is 63.0 Å². The molecule has 0 aliphatic carbocycles. The number of hydrogen-bond donors (Lipinski definition) is 1. The predicted molar refractivity (Wildman–Crippen MR) is 137 cm³/mol. The number of benzene rings is 1. The molecule has 11 heteroatoms. The first-order valence-electron chi connectivity index (χ1n) is 11.4. The summed E-state index contributed by atoms with van der Waals surface area (Å²) in [5.74, 6) is -0.200. The van der Waals surface area contributed by atoms with Gasteiger partial charge in [0.15, 0.2) is 5.58 Å². The highest BCUT2D eigenvalue weighted by atomic mass is 32.1. The SMILES string of the molecule is CN(CCc1nc(C(=O)NCCc2ccccn2)cs1)C(=O)OC(C)(C)C.c1ccc2onnc2c1. The molecule has 0 fully saturated rings. The van der Waals surface area contributed by atoms with E-state index < -0.39 is 5.60 Å². The van der Waals surface area contributed by atoms with E-state index in [0.29, 0.717) is 31.6 Å². The molecule has 0 aliphatic heterocycles. The van der Waals surface area contributed by atoms with Crippen LogP contribution in [0.1, 0.15) is 42.0 Å². The maximum absolute atomic E-state index is 12.2. The summed E-state index contributed by atoms with van der Waals surface area (Å²) in [5, 5.41) is 12.5. The van der Waals surface area contributed by atoms with Crippen LogP contribution >= 0.6 is 11.3 Å². The molecule has 0 atom stereocenters. The Labute approximate surface area is 213 Å². The number of carbonyl (C=O) groups is 2. The number of pyridine rings is 1. The van der Waals surface area contributed by atoms with E-state index in [-0.39, 0.29) is 12.0 Å². The quantitative estimate of drug-likeness (QED) is 0.393. The molecule has 190 valence electrons. The molecule has 36 heavy (non-hydrogen) atoms. The summed E-state index contributed by atoms with van der Waals surface area (Å²) in [7, 11) is 1.69. The van der Waals surface area contributed by atoms with Crippen LogP contribution in [0, 0.1) is 0 Å². The van der Waals surface area contributed by atoms with Crippen LogP contribution in [0.3, 0.4) is 0 Å². The molecule has 1 N–H and O–H groups in total. The van der Waals surface area contributed by atoms with Crippen LogP contribution in [0.5, 0.6) is 0 Å². The number of nitrogens with one attached hydrogen (secondary N) is 1. The molecule has 0 unspecified atom stereocenters. The number of rotatable bonds is 7. The molecule has 3 aromatic heterocycles. The normalized spacial score (nSPS) is 10.9. The topological polar surface area (TPSA) is 123 Å². The van der Waals surface area contributed by atoms with Crippen molar-refractivity contribution in [3.05, 3.63) is 70.4 Å². The van der Waals surface area contributed by atoms with Crippen LogP contribution in [-0.2, 0) is 17.6 Å². The maximum atomic E-state index is 12.2. The molecule has 4 aromatic rings. The van der Waals surface area contributed by atoms with E-state index in [2.05, 4.69) is 25.7 Å². The lowest BCUT2D eigenvalue weighted by Gasteiger charge is -2.24. The zero-order valence-corrected chi connectivity index (χ0v) is 21.6. The van der Waals surface area contributed by atoms with Gasteiger partial charge in [-0.1, -0.05) is 18.2 Å². The summed E-state index contributed by atoms with van der Waals surface area (Å²) < 4.78 is 10.1. The Balaban J connectivity index is 0.000000331. The van der Waals surface area contributed by atoms with Gasteiger partial charge in [0.05, 0.1) is 5.01 Å². The van der Waals surface area contributed by atoms with Gasteiger partial charge in [0.1, 0.15) is 16.8 Å². The number of para-hydroxylation sites is 1. The van der Waals surface area contributed by atoms with Crippen molar-refractivity contribution in [3.8, 4) is 0 Å². The third-order valence-electron chi connectivity index (χ3n) is 4.70. The second-order valence-corrected chi connectivity index (χ2v) is 9.79. The Morgan fingerprint density at radius 3 is 2.61 bits per heavy atom. The van der Waals surface area contributed by atoms with Crippen molar-refractivity contribution in [2.45, 2.75) is 39.2 Å². The van der Waals surface area contributed by atoms with Gasteiger partial charge in [-0.2, -0.15) is 0 Å². The van der Waals surface area contributed by atoms with E-state index in [0.717, 1.165) is 21.8 Å². The molecule has 3 heterocycles. The zero-order chi connectivity index (χ0) is 26.0. The number of thiazole rings is 1. The number of amides is 2. The number of carbonyl (C=O) groups excluding carboxylic acids is 2. The van der Waals surface area contributed by atoms with Crippen LogP contribution in [0.2, 0.25) is 0 Å². The van der Waals surface area contributed by atoms with E-state index >= 15 is 0 Å². The van der Waals surface area contributed by atoms with Gasteiger partial charge in [0, 0.05) is 55.5 Å². The maximum Gasteiger partial charge on any atom is 0.410 e. The Morgan fingerprint density at radius 1 is 1.11 bits per heavy atom. The van der Waals surface area contributed by atoms with Crippen molar-refractivity contribution in [3.63, 3.8) is 0 Å². The number of fused-ring (bicyclic) bond motifs is 1. The number of hydrogen-bond acceptors (Lipinski definition) is 9. The van der Waals surface area contributed by atoms with Crippen molar-refractivity contribution >= 4 is 34.4 Å². The lowest BCUT2D eigenvalue weighted by molar-refractivity contribution is 0.0300. The first-order valence-corrected chi connectivity index (χ1v) is 12.3. The molecule has 0 bridgehead atoms. The lowest BCUT2D eigenvalue weighted by Crippen LogP contribution is -2.35. The van der Waals surface area contributed by atoms with Crippen molar-refractivity contribution in [1.82, 2.24) is 30.6 Å². The third kappa shape index (κ3) is 8.73. The molecule has 0 saturated carbocycles. The standard InChI is InChI=1S/C19H26N4O3S.C6H4N2O/c1-19(2,3)26-18(25)23(4)12-9-16-22-15(13-27-16)17(24)21-11-8-14-7-5-6-10-20-14;1-2-4-6-5(3-1)7-8-9-6/h5-7,10,13H,8-9,11-12H2,1-4H3,(H,21,24);1-4H. The van der Waals surface area contributed by atoms with E-state index in [9.17, 15) is 9.59 Å². The number of likely N-dealkylation sites (N-methyl/N-ethyl adjacent to an activating group) is 1. The molecule has 10 nitrogen and oxygen atoms in total. The molecule has 0 saturated heterocycles. The minimum Gasteiger partial charge on any atom is -0.444 e. The second-order valence-electron chi connectivity index (χ2n) is 8.85. The van der Waals surface area contributed by atoms with Gasteiger partial charge in [0.2, 0.25) is 0 Å². The fraction of sp³-hybridized carbons (Fsp3) is 0.360. The highest BCUT2D eigenvalue weighted by Gasteiger charge is 2.20. The van der Waals surface area contributed by atoms with Crippen LogP contribution in [0.15, 0.2) is 58.6 Å². The minimum absolute atomic E-state index is 0.200. The largest absolute Gasteiger partial charge is 0.444 e. The van der Waals surface area contributed by atoms with Gasteiger partial charge in [-0.15, -0.1) is 16.4 Å². The Kier molecular flexibility index (Phi) is 9.46. The zero-order valence-electron chi connectivity index (χ0n) is 20.8. The van der Waals surface area contributed by atoms with E-state index in [4.69, 9.17) is 9.26 Å². The monoisotopic (exact) mass is 510 g/mol. The van der Waals surface area contributed by atoms with Gasteiger partial charge in [-0.05, 0) is 45.0 Å². The van der Waals surface area contributed by atoms with E-state index in [1.165, 1.54) is 16.2 Å². The predicted octanol–water partition coefficient (Wildman–Crippen LogP) is 4.14. The summed E-state index contributed by atoms with van der Waals surface area (Å²) in [5.41, 5.74) is 2.35. The highest BCUT2D eigenvalue weighted by Crippen LogP contribution is 2.13. The summed E-state index contributed by atoms with van der Waals surface area (Å²) in [6.07, 6.45) is 2.61. The Bertz CT molecular complexity index is 1220. The molecular formula is C25H30N6O4S. The second kappa shape index (κ2) is 12.7. The van der Waals surface area contributed by atoms with Gasteiger partial charge >= 0.3 is 6.09 Å². The average molecular weight is 511 g/mol. The molecule has 2 amide bonds. The fourth-order valence-corrected chi connectivity index (χ4v) is 3.66. The van der Waals surface area contributed by atoms with Crippen molar-refractivity contribution in [2.24, 2.45) is 0 Å². The van der Waals surface area contributed by atoms with Crippen molar-refractivity contribution in [1.29, 1.82) is 0 Å². The minimum atomic E-state index is -0.521. The third-order valence-corrected chi connectivity index (χ3v) is 5.61. The van der Waals surface area contributed by atoms with Gasteiger partial charge in [-0.25, -0.2) is 9.78 Å². The van der Waals surface area contributed by atoms with Gasteiger partial charge in [0.25, 0.3) is 5.91 Å². The van der Waals surface area contributed by atoms with Crippen molar-refractivity contribution in [2.75, 3.05) is 20.1 Å². The fourth-order valence-electron chi connectivity index (χ4n) is 2.89. The molecule has 0 radical (unpaired) electrons. The summed E-state index contributed by atoms with van der Waals surface area (Å²) in [4.78, 5) is 34.2. The Hall–Kier alpha value is -3.86. The number of nitrogens with zero attached hydrogens (tertiary/aromatic N) is 5. The van der Waals surface area contributed by atoms with Crippen molar-refractivity contribution < 1.29 is 18.8 Å². The van der Waals surface area contributed by atoms with Gasteiger partial charge in [-0.3, -0.25) is 9.78 Å². The molecule has 1 aromatic carbocycles. The summed E-state index contributed by atoms with van der Waals surface area (Å²) in [6.45, 7) is 6.47. The average Bonchev–Trinajstić information content (AvgIpc) is 3.52. The van der Waals surface area contributed by atoms with Crippen LogP contribution in [0.25, 0.3) is 11.1 Å².